The predicted octanol–water partition coefficient (Wildman–Crippen LogP) is 1.41. The molecule has 2 aliphatic rings. The maximum absolute atomic E-state index is 12.3. The lowest BCUT2D eigenvalue weighted by Crippen LogP contribution is -2.24. The molecule has 2 aliphatic carbocycles. The Kier molecular flexibility index (Phi) is 3.28. The smallest absolute Gasteiger partial charge is 0.356 e. The van der Waals surface area contributed by atoms with E-state index in [9.17, 15) is 14.7 Å². The van der Waals surface area contributed by atoms with E-state index in [-0.39, 0.29) is 11.3 Å². The molecule has 7 heteroatoms. The summed E-state index contributed by atoms with van der Waals surface area (Å²) in [7, 11) is 0. The molecule has 0 aromatic carbocycles. The zero-order chi connectivity index (χ0) is 16.0. The summed E-state index contributed by atoms with van der Waals surface area (Å²) < 4.78 is 1.54. The van der Waals surface area contributed by atoms with Gasteiger partial charge in [0, 0.05) is 11.1 Å². The first-order valence-corrected chi connectivity index (χ1v) is 8.11. The molecule has 0 bridgehead atoms. The zero-order valence-electron chi connectivity index (χ0n) is 12.8. The summed E-state index contributed by atoms with van der Waals surface area (Å²) in [5.41, 5.74) is 3.20. The number of nitrogens with one attached hydrogen (secondary N) is 1. The van der Waals surface area contributed by atoms with Gasteiger partial charge in [0.25, 0.3) is 5.56 Å². The average molecular weight is 314 g/mol. The van der Waals surface area contributed by atoms with E-state index < -0.39 is 5.97 Å². The maximum atomic E-state index is 12.3. The second kappa shape index (κ2) is 5.33. The largest absolute Gasteiger partial charge is 0.476 e. The van der Waals surface area contributed by atoms with Crippen LogP contribution >= 0.6 is 0 Å². The Morgan fingerprint density at radius 3 is 2.52 bits per heavy atom. The Bertz CT molecular complexity index is 850. The standard InChI is InChI=1S/C16H18N4O3/c21-14-9-5-1-3-7-11(9)17-16(18-14)20-12-8-4-2-6-10(12)13(19-20)15(22)23/h1-8H2,(H,22,23)(H,17,18,21). The van der Waals surface area contributed by atoms with Gasteiger partial charge in [-0.05, 0) is 51.4 Å². The van der Waals surface area contributed by atoms with Gasteiger partial charge in [0.2, 0.25) is 5.95 Å². The lowest BCUT2D eigenvalue weighted by Gasteiger charge is -2.16. The van der Waals surface area contributed by atoms with Gasteiger partial charge in [0.1, 0.15) is 0 Å². The van der Waals surface area contributed by atoms with Crippen molar-refractivity contribution in [2.75, 3.05) is 0 Å². The molecule has 23 heavy (non-hydrogen) atoms. The van der Waals surface area contributed by atoms with Crippen LogP contribution in [0.2, 0.25) is 0 Å². The number of hydrogen-bond donors (Lipinski definition) is 2. The average Bonchev–Trinajstić information content (AvgIpc) is 2.95. The summed E-state index contributed by atoms with van der Waals surface area (Å²) in [6.07, 6.45) is 7.03. The number of carboxylic acids is 1. The first-order chi connectivity index (χ1) is 11.1. The predicted molar refractivity (Wildman–Crippen MR) is 82.2 cm³/mol. The number of aromatic nitrogens is 4. The SMILES string of the molecule is O=C(O)c1nn(-c2nc3c(c(=O)[nH]2)CCCC3)c2c1CCCC2. The third kappa shape index (κ3) is 2.27. The monoisotopic (exact) mass is 314 g/mol. The molecule has 0 unspecified atom stereocenters. The van der Waals surface area contributed by atoms with Crippen LogP contribution in [0.15, 0.2) is 4.79 Å². The molecule has 0 atom stereocenters. The molecule has 0 saturated heterocycles. The van der Waals surface area contributed by atoms with Crippen LogP contribution in [0, 0.1) is 0 Å². The van der Waals surface area contributed by atoms with Crippen molar-refractivity contribution in [3.63, 3.8) is 0 Å². The summed E-state index contributed by atoms with van der Waals surface area (Å²) in [5, 5.41) is 13.6. The number of nitrogens with zero attached hydrogens (tertiary/aromatic N) is 3. The zero-order valence-corrected chi connectivity index (χ0v) is 12.8. The van der Waals surface area contributed by atoms with Gasteiger partial charge >= 0.3 is 5.97 Å². The van der Waals surface area contributed by atoms with Crippen LogP contribution in [0.1, 0.15) is 58.7 Å². The Morgan fingerprint density at radius 2 is 1.74 bits per heavy atom. The van der Waals surface area contributed by atoms with E-state index in [2.05, 4.69) is 15.1 Å². The highest BCUT2D eigenvalue weighted by Gasteiger charge is 2.27. The number of rotatable bonds is 2. The van der Waals surface area contributed by atoms with E-state index in [4.69, 9.17) is 0 Å². The second-order valence-corrected chi connectivity index (χ2v) is 6.22. The van der Waals surface area contributed by atoms with E-state index in [1.165, 1.54) is 4.68 Å². The Hall–Kier alpha value is -2.44. The first-order valence-electron chi connectivity index (χ1n) is 8.11. The number of hydrogen-bond acceptors (Lipinski definition) is 4. The number of carbonyl (C=O) groups is 1. The highest BCUT2D eigenvalue weighted by Crippen LogP contribution is 2.26. The van der Waals surface area contributed by atoms with Crippen molar-refractivity contribution < 1.29 is 9.90 Å². The van der Waals surface area contributed by atoms with Crippen molar-refractivity contribution in [1.82, 2.24) is 19.7 Å². The molecule has 0 fully saturated rings. The molecule has 2 aromatic rings. The van der Waals surface area contributed by atoms with E-state index in [0.29, 0.717) is 12.4 Å². The Morgan fingerprint density at radius 1 is 1.04 bits per heavy atom. The van der Waals surface area contributed by atoms with Gasteiger partial charge in [-0.1, -0.05) is 0 Å². The molecule has 2 N–H and O–H groups in total. The van der Waals surface area contributed by atoms with Gasteiger partial charge in [-0.3, -0.25) is 9.78 Å². The van der Waals surface area contributed by atoms with E-state index in [1.54, 1.807) is 0 Å². The number of aryl methyl sites for hydroxylation is 1. The molecule has 7 nitrogen and oxygen atoms in total. The fraction of sp³-hybridized carbons (Fsp3) is 0.500. The summed E-state index contributed by atoms with van der Waals surface area (Å²) in [6.45, 7) is 0. The molecular formula is C16H18N4O3. The highest BCUT2D eigenvalue weighted by molar-refractivity contribution is 5.87. The van der Waals surface area contributed by atoms with Crippen molar-refractivity contribution in [2.24, 2.45) is 0 Å². The minimum Gasteiger partial charge on any atom is -0.476 e. The lowest BCUT2D eigenvalue weighted by molar-refractivity contribution is 0.0688. The number of H-pyrrole nitrogens is 1. The number of carboxylic acid groups (broad SMARTS) is 1. The molecule has 0 amide bonds. The topological polar surface area (TPSA) is 101 Å². The van der Waals surface area contributed by atoms with Crippen LogP contribution < -0.4 is 5.56 Å². The fourth-order valence-electron chi connectivity index (χ4n) is 3.64. The van der Waals surface area contributed by atoms with E-state index in [0.717, 1.165) is 67.5 Å². The van der Waals surface area contributed by atoms with Gasteiger partial charge in [-0.2, -0.15) is 5.10 Å². The fourth-order valence-corrected chi connectivity index (χ4v) is 3.64. The van der Waals surface area contributed by atoms with Crippen LogP contribution in [0.4, 0.5) is 0 Å². The quantitative estimate of drug-likeness (QED) is 0.873. The summed E-state index contributed by atoms with van der Waals surface area (Å²) in [5.74, 6) is -0.677. The molecule has 120 valence electrons. The molecule has 0 spiro atoms. The Balaban J connectivity index is 1.90. The third-order valence-electron chi connectivity index (χ3n) is 4.76. The van der Waals surface area contributed by atoms with Gasteiger partial charge in [0.05, 0.1) is 11.4 Å². The summed E-state index contributed by atoms with van der Waals surface area (Å²) in [6, 6.07) is 0. The Labute approximate surface area is 132 Å². The van der Waals surface area contributed by atoms with Crippen molar-refractivity contribution in [3.8, 4) is 5.95 Å². The molecule has 0 saturated carbocycles. The normalized spacial score (nSPS) is 16.7. The molecular weight excluding hydrogens is 296 g/mol. The van der Waals surface area contributed by atoms with Gasteiger partial charge in [-0.15, -0.1) is 0 Å². The summed E-state index contributed by atoms with van der Waals surface area (Å²) in [4.78, 5) is 31.1. The molecule has 0 aliphatic heterocycles. The van der Waals surface area contributed by atoms with Crippen LogP contribution in [0.3, 0.4) is 0 Å². The molecule has 0 radical (unpaired) electrons. The molecule has 4 rings (SSSR count). The minimum absolute atomic E-state index is 0.0834. The van der Waals surface area contributed by atoms with Crippen molar-refractivity contribution in [3.05, 3.63) is 38.6 Å². The minimum atomic E-state index is -1.03. The second-order valence-electron chi connectivity index (χ2n) is 6.22. The van der Waals surface area contributed by atoms with Crippen LogP contribution in [-0.4, -0.2) is 30.8 Å². The lowest BCUT2D eigenvalue weighted by atomic mass is 9.95. The van der Waals surface area contributed by atoms with Crippen LogP contribution in [-0.2, 0) is 25.7 Å². The number of fused-ring (bicyclic) bond motifs is 2. The molecule has 2 heterocycles. The van der Waals surface area contributed by atoms with Gasteiger partial charge in [0.15, 0.2) is 5.69 Å². The highest BCUT2D eigenvalue weighted by atomic mass is 16.4. The molecule has 2 aromatic heterocycles. The maximum Gasteiger partial charge on any atom is 0.356 e. The third-order valence-corrected chi connectivity index (χ3v) is 4.76. The number of aromatic amines is 1. The van der Waals surface area contributed by atoms with E-state index in [1.807, 2.05) is 0 Å². The van der Waals surface area contributed by atoms with Crippen LogP contribution in [0.5, 0.6) is 0 Å². The number of aromatic carboxylic acids is 1. The van der Waals surface area contributed by atoms with Crippen molar-refractivity contribution in [1.29, 1.82) is 0 Å². The van der Waals surface area contributed by atoms with E-state index >= 15 is 0 Å². The van der Waals surface area contributed by atoms with Crippen molar-refractivity contribution in [2.45, 2.75) is 51.4 Å². The van der Waals surface area contributed by atoms with Crippen LogP contribution in [0.25, 0.3) is 5.95 Å². The van der Waals surface area contributed by atoms with Gasteiger partial charge in [-0.25, -0.2) is 14.5 Å². The first kappa shape index (κ1) is 14.2. The summed E-state index contributed by atoms with van der Waals surface area (Å²) >= 11 is 0. The van der Waals surface area contributed by atoms with Gasteiger partial charge < -0.3 is 5.11 Å². The van der Waals surface area contributed by atoms with Crippen molar-refractivity contribution >= 4 is 5.97 Å².